The van der Waals surface area contributed by atoms with Crippen LogP contribution in [0.2, 0.25) is 0 Å². The maximum Gasteiger partial charge on any atom is 1.00 e. The van der Waals surface area contributed by atoms with Gasteiger partial charge in [-0.2, -0.15) is 0 Å². The van der Waals surface area contributed by atoms with Gasteiger partial charge in [-0.05, 0) is 12.8 Å². The van der Waals surface area contributed by atoms with Crippen LogP contribution in [-0.4, -0.2) is 5.78 Å². The molecule has 0 saturated heterocycles. The van der Waals surface area contributed by atoms with E-state index in [4.69, 9.17) is 0 Å². The fourth-order valence-electron chi connectivity index (χ4n) is 2.74. The van der Waals surface area contributed by atoms with Gasteiger partial charge >= 0.3 is 29.6 Å². The van der Waals surface area contributed by atoms with E-state index in [9.17, 15) is 4.79 Å². The van der Waals surface area contributed by atoms with Gasteiger partial charge in [0.05, 0.1) is 0 Å². The summed E-state index contributed by atoms with van der Waals surface area (Å²) in [6.45, 7) is 4.36. The molecule has 0 aliphatic heterocycles. The second-order valence-corrected chi connectivity index (χ2v) is 6.28. The van der Waals surface area contributed by atoms with E-state index in [0.29, 0.717) is 5.78 Å². The van der Waals surface area contributed by atoms with Crippen LogP contribution in [0.3, 0.4) is 0 Å². The minimum atomic E-state index is 0. The van der Waals surface area contributed by atoms with Crippen molar-refractivity contribution in [1.29, 1.82) is 0 Å². The fourth-order valence-corrected chi connectivity index (χ4v) is 2.74. The fraction of sp³-hybridized carbons (Fsp3) is 0.947. The van der Waals surface area contributed by atoms with Crippen LogP contribution >= 0.6 is 0 Å². The van der Waals surface area contributed by atoms with Gasteiger partial charge in [-0.25, -0.2) is 0 Å². The molecule has 0 fully saturated rings. The predicted octanol–water partition coefficient (Wildman–Crippen LogP) is 3.95. The number of rotatable bonds is 16. The van der Waals surface area contributed by atoms with Crippen molar-refractivity contribution in [3.8, 4) is 0 Å². The summed E-state index contributed by atoms with van der Waals surface area (Å²) in [4.78, 5) is 11.3. The number of carbonyl (C=O) groups is 1. The van der Waals surface area contributed by atoms with E-state index < -0.39 is 0 Å². The summed E-state index contributed by atoms with van der Waals surface area (Å²) in [5, 5.41) is 0. The molecule has 0 radical (unpaired) electrons. The molecule has 0 bridgehead atoms. The van der Waals surface area contributed by atoms with E-state index in [2.05, 4.69) is 13.8 Å². The summed E-state index contributed by atoms with van der Waals surface area (Å²) in [5.74, 6) is 0.468. The molecule has 0 N–H and O–H groups in total. The van der Waals surface area contributed by atoms with Crippen molar-refractivity contribution >= 4 is 5.78 Å². The van der Waals surface area contributed by atoms with Gasteiger partial charge < -0.3 is 1.43 Å². The number of unbranched alkanes of at least 4 members (excludes halogenated alkanes) is 12. The Labute approximate surface area is 157 Å². The summed E-state index contributed by atoms with van der Waals surface area (Å²) in [7, 11) is 0. The van der Waals surface area contributed by atoms with Crippen LogP contribution in [-0.2, 0) is 4.79 Å². The number of carbonyl (C=O) groups excluding carboxylic acids is 1. The van der Waals surface area contributed by atoms with Crippen LogP contribution in [0.1, 0.15) is 118 Å². The first-order valence-corrected chi connectivity index (χ1v) is 9.33. The molecule has 0 aromatic heterocycles. The molecule has 2 heteroatoms. The monoisotopic (exact) mass is 306 g/mol. The Hall–Kier alpha value is 0.670. The average molecular weight is 307 g/mol. The SMILES string of the molecule is CCCCCCCCCCCCCCCC(=O)CCC.[H-].[Na+]. The molecule has 0 saturated carbocycles. The minimum Gasteiger partial charge on any atom is -1.00 e. The Kier molecular flexibility index (Phi) is 23.6. The van der Waals surface area contributed by atoms with Gasteiger partial charge in [0.2, 0.25) is 0 Å². The molecular formula is C19H39NaO. The van der Waals surface area contributed by atoms with Crippen molar-refractivity contribution in [1.82, 2.24) is 0 Å². The van der Waals surface area contributed by atoms with Crippen molar-refractivity contribution in [2.24, 2.45) is 0 Å². The van der Waals surface area contributed by atoms with Crippen molar-refractivity contribution in [2.45, 2.75) is 117 Å². The van der Waals surface area contributed by atoms with E-state index in [-0.39, 0.29) is 31.0 Å². The molecule has 21 heavy (non-hydrogen) atoms. The molecule has 0 heterocycles. The van der Waals surface area contributed by atoms with E-state index >= 15 is 0 Å². The molecule has 0 spiro atoms. The average Bonchev–Trinajstić information content (AvgIpc) is 2.44. The summed E-state index contributed by atoms with van der Waals surface area (Å²) in [5.41, 5.74) is 0. The van der Waals surface area contributed by atoms with E-state index in [1.165, 1.54) is 77.0 Å². The number of ketones is 1. The smallest absolute Gasteiger partial charge is 1.00 e. The Balaban J connectivity index is -0.00000180. The van der Waals surface area contributed by atoms with Crippen LogP contribution in [0, 0.1) is 0 Å². The van der Waals surface area contributed by atoms with Crippen LogP contribution in [0.15, 0.2) is 0 Å². The van der Waals surface area contributed by atoms with Crippen molar-refractivity contribution in [3.63, 3.8) is 0 Å². The second kappa shape index (κ2) is 20.7. The quantitative estimate of drug-likeness (QED) is 0.312. The zero-order valence-corrected chi connectivity index (χ0v) is 17.2. The molecule has 0 unspecified atom stereocenters. The van der Waals surface area contributed by atoms with E-state index in [1.807, 2.05) is 0 Å². The van der Waals surface area contributed by atoms with Gasteiger partial charge in [0.25, 0.3) is 0 Å². The van der Waals surface area contributed by atoms with E-state index in [1.54, 1.807) is 0 Å². The Morgan fingerprint density at radius 3 is 1.33 bits per heavy atom. The number of hydrogen-bond acceptors (Lipinski definition) is 1. The third kappa shape index (κ3) is 20.7. The third-order valence-corrected chi connectivity index (χ3v) is 4.09. The second-order valence-electron chi connectivity index (χ2n) is 6.28. The molecule has 0 atom stereocenters. The van der Waals surface area contributed by atoms with Gasteiger partial charge in [-0.1, -0.05) is 90.9 Å². The first-order chi connectivity index (χ1) is 9.81. The van der Waals surface area contributed by atoms with Crippen molar-refractivity contribution in [3.05, 3.63) is 0 Å². The molecule has 0 aromatic carbocycles. The van der Waals surface area contributed by atoms with Crippen LogP contribution in [0.5, 0.6) is 0 Å². The Morgan fingerprint density at radius 2 is 0.952 bits per heavy atom. The number of Topliss-reactive ketones (excluding diaryl/α,β-unsaturated/α-hetero) is 1. The molecule has 122 valence electrons. The largest absolute Gasteiger partial charge is 1.00 e. The zero-order chi connectivity index (χ0) is 14.9. The first kappa shape index (κ1) is 23.9. The van der Waals surface area contributed by atoms with E-state index in [0.717, 1.165) is 25.7 Å². The topological polar surface area (TPSA) is 17.1 Å². The van der Waals surface area contributed by atoms with Crippen LogP contribution in [0.4, 0.5) is 0 Å². The van der Waals surface area contributed by atoms with Gasteiger partial charge in [0.1, 0.15) is 5.78 Å². The molecule has 0 aliphatic rings. The predicted molar refractivity (Wildman–Crippen MR) is 91.3 cm³/mol. The van der Waals surface area contributed by atoms with Crippen molar-refractivity contribution < 1.29 is 35.8 Å². The van der Waals surface area contributed by atoms with Gasteiger partial charge in [0, 0.05) is 12.8 Å². The molecule has 1 nitrogen and oxygen atoms in total. The Bertz CT molecular complexity index is 210. The minimum absolute atomic E-state index is 0. The molecule has 0 amide bonds. The summed E-state index contributed by atoms with van der Waals surface area (Å²) < 4.78 is 0. The molecule has 0 aliphatic carbocycles. The maximum atomic E-state index is 11.3. The van der Waals surface area contributed by atoms with Crippen molar-refractivity contribution in [2.75, 3.05) is 0 Å². The first-order valence-electron chi connectivity index (χ1n) is 9.33. The van der Waals surface area contributed by atoms with Gasteiger partial charge in [0.15, 0.2) is 0 Å². The van der Waals surface area contributed by atoms with Crippen LogP contribution in [0.25, 0.3) is 0 Å². The zero-order valence-electron chi connectivity index (χ0n) is 16.2. The summed E-state index contributed by atoms with van der Waals surface area (Å²) in [6, 6.07) is 0. The molecule has 0 rings (SSSR count). The molecule has 0 aromatic rings. The van der Waals surface area contributed by atoms with Gasteiger partial charge in [-0.15, -0.1) is 0 Å². The third-order valence-electron chi connectivity index (χ3n) is 4.09. The Morgan fingerprint density at radius 1 is 0.571 bits per heavy atom. The standard InChI is InChI=1S/C19H38O.Na.H/c1-3-5-6-7-8-9-10-11-12-13-14-15-16-18-19(20)17-4-2;;/h3-18H2,1-2H3;;/q;+1;-1. The number of hydrogen-bond donors (Lipinski definition) is 0. The molecular weight excluding hydrogens is 267 g/mol. The van der Waals surface area contributed by atoms with Crippen LogP contribution < -0.4 is 29.6 Å². The maximum absolute atomic E-state index is 11.3. The van der Waals surface area contributed by atoms with Gasteiger partial charge in [-0.3, -0.25) is 4.79 Å². The summed E-state index contributed by atoms with van der Waals surface area (Å²) in [6.07, 6.45) is 20.5. The summed E-state index contributed by atoms with van der Waals surface area (Å²) >= 11 is 0. The normalized spacial score (nSPS) is 10.4.